The number of alkyl halides is 1. The standard InChI is InChI=1S/C30H36FN3O/c1-28(2,3)19-29(4,5)22-16-23(30(6,7)21-13-9-8-10-14-21)27(35)25(17-22)34-32-24-15-11-12-20(18-31)26(24)33-34/h8-17,35H,18-19H2,1-7H3. The average molecular weight is 474 g/mol. The Hall–Kier alpha value is -3.21. The fraction of sp³-hybridized carbons (Fsp3) is 0.400. The van der Waals surface area contributed by atoms with Gasteiger partial charge in [0, 0.05) is 16.5 Å². The second-order valence-corrected chi connectivity index (χ2v) is 11.9. The third kappa shape index (κ3) is 4.82. The van der Waals surface area contributed by atoms with Crippen molar-refractivity contribution in [2.45, 2.75) is 72.4 Å². The first kappa shape index (κ1) is 24.9. The van der Waals surface area contributed by atoms with E-state index in [0.29, 0.717) is 22.3 Å². The highest BCUT2D eigenvalue weighted by molar-refractivity contribution is 5.78. The molecule has 1 aromatic heterocycles. The van der Waals surface area contributed by atoms with Crippen LogP contribution < -0.4 is 0 Å². The molecular formula is C30H36FN3O. The van der Waals surface area contributed by atoms with Crippen molar-refractivity contribution in [3.05, 3.63) is 82.9 Å². The summed E-state index contributed by atoms with van der Waals surface area (Å²) in [6.45, 7) is 14.8. The number of phenolic OH excluding ortho intramolecular Hbond substituents is 1. The topological polar surface area (TPSA) is 50.9 Å². The van der Waals surface area contributed by atoms with Gasteiger partial charge in [-0.3, -0.25) is 0 Å². The quantitative estimate of drug-likeness (QED) is 0.313. The van der Waals surface area contributed by atoms with E-state index in [1.165, 1.54) is 4.80 Å². The Balaban J connectivity index is 1.99. The Morgan fingerprint density at radius 1 is 0.829 bits per heavy atom. The van der Waals surface area contributed by atoms with Gasteiger partial charge in [0.2, 0.25) is 0 Å². The molecule has 0 aliphatic carbocycles. The minimum Gasteiger partial charge on any atom is -0.505 e. The van der Waals surface area contributed by atoms with E-state index >= 15 is 0 Å². The summed E-state index contributed by atoms with van der Waals surface area (Å²) in [6, 6.07) is 19.6. The van der Waals surface area contributed by atoms with Crippen LogP contribution in [0.15, 0.2) is 60.7 Å². The van der Waals surface area contributed by atoms with E-state index in [1.54, 1.807) is 12.1 Å². The number of benzene rings is 3. The summed E-state index contributed by atoms with van der Waals surface area (Å²) in [7, 11) is 0. The number of hydrogen-bond donors (Lipinski definition) is 1. The third-order valence-electron chi connectivity index (χ3n) is 6.87. The Kier molecular flexibility index (Phi) is 6.25. The van der Waals surface area contributed by atoms with Crippen LogP contribution in [0.25, 0.3) is 16.7 Å². The molecule has 1 heterocycles. The molecule has 4 aromatic rings. The van der Waals surface area contributed by atoms with Crippen molar-refractivity contribution in [3.8, 4) is 11.4 Å². The first-order valence-electron chi connectivity index (χ1n) is 12.2. The van der Waals surface area contributed by atoms with Gasteiger partial charge in [-0.1, -0.05) is 97.0 Å². The summed E-state index contributed by atoms with van der Waals surface area (Å²) in [4.78, 5) is 1.46. The SMILES string of the molecule is CC(C)(C)CC(C)(C)c1cc(-n2nc3cccc(CF)c3n2)c(O)c(C(C)(C)c2ccccc2)c1. The Labute approximate surface area is 207 Å². The van der Waals surface area contributed by atoms with Crippen LogP contribution in [0.5, 0.6) is 5.75 Å². The highest BCUT2D eigenvalue weighted by Crippen LogP contribution is 2.44. The van der Waals surface area contributed by atoms with Crippen LogP contribution in [-0.2, 0) is 17.5 Å². The van der Waals surface area contributed by atoms with Crippen molar-refractivity contribution in [1.82, 2.24) is 15.0 Å². The molecule has 0 fully saturated rings. The monoisotopic (exact) mass is 473 g/mol. The first-order chi connectivity index (χ1) is 16.3. The highest BCUT2D eigenvalue weighted by Gasteiger charge is 2.33. The minimum atomic E-state index is -0.618. The first-order valence-corrected chi connectivity index (χ1v) is 12.2. The normalized spacial score (nSPS) is 12.9. The average Bonchev–Trinajstić information content (AvgIpc) is 3.22. The van der Waals surface area contributed by atoms with Crippen molar-refractivity contribution in [2.24, 2.45) is 5.41 Å². The lowest BCUT2D eigenvalue weighted by atomic mass is 9.70. The molecular weight excluding hydrogens is 437 g/mol. The number of nitrogens with zero attached hydrogens (tertiary/aromatic N) is 3. The van der Waals surface area contributed by atoms with Crippen LogP contribution in [0.3, 0.4) is 0 Å². The summed E-state index contributed by atoms with van der Waals surface area (Å²) in [5, 5.41) is 20.9. The fourth-order valence-electron chi connectivity index (χ4n) is 5.29. The highest BCUT2D eigenvalue weighted by atomic mass is 19.1. The second kappa shape index (κ2) is 8.78. The van der Waals surface area contributed by atoms with E-state index in [9.17, 15) is 9.50 Å². The number of hydrogen-bond acceptors (Lipinski definition) is 3. The van der Waals surface area contributed by atoms with E-state index < -0.39 is 12.1 Å². The van der Waals surface area contributed by atoms with Crippen molar-refractivity contribution in [3.63, 3.8) is 0 Å². The zero-order chi connectivity index (χ0) is 25.6. The number of rotatable bonds is 6. The van der Waals surface area contributed by atoms with Crippen LogP contribution in [0.1, 0.15) is 77.1 Å². The van der Waals surface area contributed by atoms with Crippen molar-refractivity contribution < 1.29 is 9.50 Å². The van der Waals surface area contributed by atoms with Crippen LogP contribution in [0.4, 0.5) is 4.39 Å². The zero-order valence-corrected chi connectivity index (χ0v) is 21.9. The van der Waals surface area contributed by atoms with Gasteiger partial charge in [0.05, 0.1) is 0 Å². The van der Waals surface area contributed by atoms with Gasteiger partial charge in [0.1, 0.15) is 29.1 Å². The van der Waals surface area contributed by atoms with Gasteiger partial charge >= 0.3 is 0 Å². The van der Waals surface area contributed by atoms with E-state index in [-0.39, 0.29) is 16.6 Å². The van der Waals surface area contributed by atoms with Gasteiger partial charge in [0.25, 0.3) is 0 Å². The van der Waals surface area contributed by atoms with Gasteiger partial charge in [-0.05, 0) is 40.5 Å². The predicted octanol–water partition coefficient (Wildman–Crippen LogP) is 7.64. The summed E-state index contributed by atoms with van der Waals surface area (Å²) >= 11 is 0. The van der Waals surface area contributed by atoms with Crippen LogP contribution >= 0.6 is 0 Å². The Morgan fingerprint density at radius 3 is 2.14 bits per heavy atom. The lowest BCUT2D eigenvalue weighted by Gasteiger charge is -2.35. The smallest absolute Gasteiger partial charge is 0.147 e. The molecule has 35 heavy (non-hydrogen) atoms. The van der Waals surface area contributed by atoms with Crippen LogP contribution in [-0.4, -0.2) is 20.1 Å². The number of aromatic hydroxyl groups is 1. The molecule has 0 aliphatic heterocycles. The molecule has 0 bridgehead atoms. The lowest BCUT2D eigenvalue weighted by molar-refractivity contribution is 0.283. The molecule has 0 saturated heterocycles. The van der Waals surface area contributed by atoms with E-state index in [4.69, 9.17) is 0 Å². The number of halogens is 1. The Morgan fingerprint density at radius 2 is 1.51 bits per heavy atom. The van der Waals surface area contributed by atoms with Gasteiger partial charge in [-0.2, -0.15) is 0 Å². The zero-order valence-electron chi connectivity index (χ0n) is 21.9. The molecule has 1 N–H and O–H groups in total. The fourth-order valence-corrected chi connectivity index (χ4v) is 5.29. The van der Waals surface area contributed by atoms with Crippen LogP contribution in [0.2, 0.25) is 0 Å². The second-order valence-electron chi connectivity index (χ2n) is 11.9. The van der Waals surface area contributed by atoms with E-state index in [0.717, 1.165) is 23.1 Å². The Bertz CT molecular complexity index is 1350. The lowest BCUT2D eigenvalue weighted by Crippen LogP contribution is -2.27. The van der Waals surface area contributed by atoms with Crippen molar-refractivity contribution in [2.75, 3.05) is 0 Å². The van der Waals surface area contributed by atoms with Gasteiger partial charge in [0.15, 0.2) is 0 Å². The molecule has 5 heteroatoms. The van der Waals surface area contributed by atoms with Gasteiger partial charge < -0.3 is 5.11 Å². The third-order valence-corrected chi connectivity index (χ3v) is 6.87. The molecule has 3 aromatic carbocycles. The van der Waals surface area contributed by atoms with Crippen molar-refractivity contribution >= 4 is 11.0 Å². The molecule has 0 aliphatic rings. The molecule has 4 rings (SSSR count). The number of aromatic nitrogens is 3. The molecule has 0 amide bonds. The molecule has 0 atom stereocenters. The largest absolute Gasteiger partial charge is 0.505 e. The molecule has 184 valence electrons. The number of phenols is 1. The maximum atomic E-state index is 13.6. The van der Waals surface area contributed by atoms with E-state index in [2.05, 4.69) is 76.9 Å². The summed E-state index contributed by atoms with van der Waals surface area (Å²) in [5.74, 6) is 0.135. The summed E-state index contributed by atoms with van der Waals surface area (Å²) < 4.78 is 13.6. The molecule has 0 saturated carbocycles. The van der Waals surface area contributed by atoms with Crippen LogP contribution in [0, 0.1) is 5.41 Å². The molecule has 0 radical (unpaired) electrons. The minimum absolute atomic E-state index is 0.116. The van der Waals surface area contributed by atoms with Crippen molar-refractivity contribution in [1.29, 1.82) is 0 Å². The van der Waals surface area contributed by atoms with E-state index in [1.807, 2.05) is 30.3 Å². The van der Waals surface area contributed by atoms with Gasteiger partial charge in [-0.25, -0.2) is 4.39 Å². The summed E-state index contributed by atoms with van der Waals surface area (Å²) in [6.07, 6.45) is 0.954. The predicted molar refractivity (Wildman–Crippen MR) is 141 cm³/mol. The van der Waals surface area contributed by atoms with Gasteiger partial charge in [-0.15, -0.1) is 15.0 Å². The molecule has 0 unspecified atom stereocenters. The molecule has 4 nitrogen and oxygen atoms in total. The molecule has 0 spiro atoms. The summed E-state index contributed by atoms with van der Waals surface area (Å²) in [5.41, 5.74) is 4.60. The number of fused-ring (bicyclic) bond motifs is 1. The maximum absolute atomic E-state index is 13.6. The maximum Gasteiger partial charge on any atom is 0.147 e.